The van der Waals surface area contributed by atoms with Crippen LogP contribution in [-0.4, -0.2) is 11.6 Å². The molecule has 0 aliphatic heterocycles. The highest BCUT2D eigenvalue weighted by Gasteiger charge is 2.36. The largest absolute Gasteiger partial charge is 0.272 e. The van der Waals surface area contributed by atoms with Gasteiger partial charge in [0.1, 0.15) is 0 Å². The number of hydrazone groups is 1. The molecule has 0 spiro atoms. The molecular formula is C15H20N2OS. The smallest absolute Gasteiger partial charge is 0.267 e. The molecule has 2 bridgehead atoms. The summed E-state index contributed by atoms with van der Waals surface area (Å²) < 4.78 is 0. The Kier molecular flexibility index (Phi) is 3.69. The molecule has 1 N–H and O–H groups in total. The Morgan fingerprint density at radius 1 is 1.53 bits per heavy atom. The van der Waals surface area contributed by atoms with Crippen LogP contribution in [0.15, 0.2) is 16.5 Å². The number of rotatable bonds is 4. The van der Waals surface area contributed by atoms with E-state index in [1.54, 1.807) is 11.3 Å². The van der Waals surface area contributed by atoms with Crippen molar-refractivity contribution in [3.63, 3.8) is 0 Å². The summed E-state index contributed by atoms with van der Waals surface area (Å²) in [5.74, 6) is 1.41. The molecule has 2 fully saturated rings. The van der Waals surface area contributed by atoms with E-state index in [0.717, 1.165) is 30.7 Å². The van der Waals surface area contributed by atoms with E-state index in [0.29, 0.717) is 5.92 Å². The average molecular weight is 276 g/mol. The second-order valence-electron chi connectivity index (χ2n) is 5.68. The van der Waals surface area contributed by atoms with E-state index in [-0.39, 0.29) is 5.91 Å². The highest BCUT2D eigenvalue weighted by Crippen LogP contribution is 2.42. The van der Waals surface area contributed by atoms with E-state index in [2.05, 4.69) is 17.5 Å². The van der Waals surface area contributed by atoms with Crippen molar-refractivity contribution in [1.29, 1.82) is 0 Å². The van der Waals surface area contributed by atoms with Gasteiger partial charge in [0.15, 0.2) is 0 Å². The van der Waals surface area contributed by atoms with Crippen LogP contribution in [0.25, 0.3) is 0 Å². The first-order chi connectivity index (χ1) is 9.26. The SMILES string of the molecule is CCCc1cc(C(=O)N/N=C2\C[C@@H]3CC[C@@H]2C3)cs1. The third-order valence-electron chi connectivity index (χ3n) is 4.22. The lowest BCUT2D eigenvalue weighted by atomic mass is 9.99. The zero-order chi connectivity index (χ0) is 13.2. The van der Waals surface area contributed by atoms with Gasteiger partial charge in [-0.25, -0.2) is 5.43 Å². The van der Waals surface area contributed by atoms with Crippen molar-refractivity contribution in [3.05, 3.63) is 21.9 Å². The van der Waals surface area contributed by atoms with E-state index in [4.69, 9.17) is 0 Å². The standard InChI is InChI=1S/C15H20N2OS/c1-2-3-13-8-12(9-19-13)15(18)17-16-14-7-10-4-5-11(14)6-10/h8-11H,2-7H2,1H3,(H,17,18)/b16-14+/t10-,11-/m1/s1. The number of thiophene rings is 1. The predicted molar refractivity (Wildman–Crippen MR) is 78.7 cm³/mol. The molecule has 2 atom stereocenters. The molecule has 1 aromatic heterocycles. The van der Waals surface area contributed by atoms with Crippen LogP contribution in [0.4, 0.5) is 0 Å². The van der Waals surface area contributed by atoms with Crippen LogP contribution in [0, 0.1) is 11.8 Å². The Labute approximate surface area is 118 Å². The van der Waals surface area contributed by atoms with Gasteiger partial charge in [-0.15, -0.1) is 11.3 Å². The highest BCUT2D eigenvalue weighted by atomic mass is 32.1. The Bertz CT molecular complexity index is 506. The third kappa shape index (κ3) is 2.73. The quantitative estimate of drug-likeness (QED) is 0.839. The Balaban J connectivity index is 1.60. The minimum absolute atomic E-state index is 0.0612. The second-order valence-corrected chi connectivity index (χ2v) is 6.67. The van der Waals surface area contributed by atoms with Gasteiger partial charge < -0.3 is 0 Å². The first kappa shape index (κ1) is 12.9. The maximum atomic E-state index is 12.0. The Hall–Kier alpha value is -1.16. The minimum Gasteiger partial charge on any atom is -0.267 e. The molecule has 19 heavy (non-hydrogen) atoms. The van der Waals surface area contributed by atoms with Gasteiger partial charge in [0, 0.05) is 16.0 Å². The number of carbonyl (C=O) groups is 1. The summed E-state index contributed by atoms with van der Waals surface area (Å²) in [6.45, 7) is 2.15. The van der Waals surface area contributed by atoms with Gasteiger partial charge in [-0.05, 0) is 50.0 Å². The summed E-state index contributed by atoms with van der Waals surface area (Å²) in [6.07, 6.45) is 7.16. The molecular weight excluding hydrogens is 256 g/mol. The van der Waals surface area contributed by atoms with Crippen molar-refractivity contribution >= 4 is 23.0 Å². The van der Waals surface area contributed by atoms with Crippen LogP contribution in [0.1, 0.15) is 54.3 Å². The lowest BCUT2D eigenvalue weighted by molar-refractivity contribution is 0.0955. The monoisotopic (exact) mass is 276 g/mol. The lowest BCUT2D eigenvalue weighted by Crippen LogP contribution is -2.21. The Morgan fingerprint density at radius 3 is 3.11 bits per heavy atom. The summed E-state index contributed by atoms with van der Waals surface area (Å²) in [4.78, 5) is 13.3. The molecule has 2 aliphatic carbocycles. The van der Waals surface area contributed by atoms with Gasteiger partial charge in [-0.2, -0.15) is 5.10 Å². The number of aryl methyl sites for hydroxylation is 1. The molecule has 3 rings (SSSR count). The van der Waals surface area contributed by atoms with Crippen LogP contribution in [0.5, 0.6) is 0 Å². The molecule has 1 heterocycles. The van der Waals surface area contributed by atoms with Crippen LogP contribution >= 0.6 is 11.3 Å². The summed E-state index contributed by atoms with van der Waals surface area (Å²) in [6, 6.07) is 1.99. The topological polar surface area (TPSA) is 41.5 Å². The van der Waals surface area contributed by atoms with Gasteiger partial charge in [0.2, 0.25) is 0 Å². The van der Waals surface area contributed by atoms with E-state index >= 15 is 0 Å². The van der Waals surface area contributed by atoms with Crippen LogP contribution in [-0.2, 0) is 6.42 Å². The van der Waals surface area contributed by atoms with Crippen molar-refractivity contribution in [3.8, 4) is 0 Å². The number of hydrogen-bond acceptors (Lipinski definition) is 3. The molecule has 1 aromatic rings. The van der Waals surface area contributed by atoms with Crippen molar-refractivity contribution in [2.45, 2.75) is 45.4 Å². The molecule has 0 unspecified atom stereocenters. The van der Waals surface area contributed by atoms with Gasteiger partial charge in [0.25, 0.3) is 5.91 Å². The maximum absolute atomic E-state index is 12.0. The number of amides is 1. The summed E-state index contributed by atoms with van der Waals surface area (Å²) >= 11 is 1.66. The van der Waals surface area contributed by atoms with E-state index < -0.39 is 0 Å². The summed E-state index contributed by atoms with van der Waals surface area (Å²) in [5, 5.41) is 6.29. The van der Waals surface area contributed by atoms with Crippen LogP contribution in [0.3, 0.4) is 0 Å². The lowest BCUT2D eigenvalue weighted by Gasteiger charge is -2.11. The fourth-order valence-electron chi connectivity index (χ4n) is 3.23. The first-order valence-corrected chi connectivity index (χ1v) is 8.08. The number of nitrogens with one attached hydrogen (secondary N) is 1. The zero-order valence-corrected chi connectivity index (χ0v) is 12.1. The summed E-state index contributed by atoms with van der Waals surface area (Å²) in [5.41, 5.74) is 4.70. The van der Waals surface area contributed by atoms with E-state index in [1.165, 1.54) is 29.9 Å². The van der Waals surface area contributed by atoms with Gasteiger partial charge in [-0.3, -0.25) is 4.79 Å². The Morgan fingerprint density at radius 2 is 2.42 bits per heavy atom. The van der Waals surface area contributed by atoms with Gasteiger partial charge in [-0.1, -0.05) is 13.3 Å². The normalized spacial score (nSPS) is 27.1. The predicted octanol–water partition coefficient (Wildman–Crippen LogP) is 3.61. The molecule has 0 aromatic carbocycles. The molecule has 0 radical (unpaired) electrons. The van der Waals surface area contributed by atoms with Crippen LogP contribution in [0.2, 0.25) is 0 Å². The molecule has 3 nitrogen and oxygen atoms in total. The molecule has 2 saturated carbocycles. The third-order valence-corrected chi connectivity index (χ3v) is 5.22. The molecule has 4 heteroatoms. The van der Waals surface area contributed by atoms with Gasteiger partial charge >= 0.3 is 0 Å². The van der Waals surface area contributed by atoms with E-state index in [1.807, 2.05) is 11.4 Å². The van der Waals surface area contributed by atoms with E-state index in [9.17, 15) is 4.79 Å². The molecule has 0 saturated heterocycles. The number of nitrogens with zero attached hydrogens (tertiary/aromatic N) is 1. The van der Waals surface area contributed by atoms with Crippen molar-refractivity contribution < 1.29 is 4.79 Å². The average Bonchev–Trinajstić information content (AvgIpc) is 3.12. The van der Waals surface area contributed by atoms with Crippen molar-refractivity contribution in [2.75, 3.05) is 0 Å². The number of fused-ring (bicyclic) bond motifs is 2. The maximum Gasteiger partial charge on any atom is 0.272 e. The van der Waals surface area contributed by atoms with Gasteiger partial charge in [0.05, 0.1) is 5.56 Å². The summed E-state index contributed by atoms with van der Waals surface area (Å²) in [7, 11) is 0. The van der Waals surface area contributed by atoms with Crippen molar-refractivity contribution in [2.24, 2.45) is 16.9 Å². The van der Waals surface area contributed by atoms with Crippen LogP contribution < -0.4 is 5.43 Å². The number of hydrogen-bond donors (Lipinski definition) is 1. The first-order valence-electron chi connectivity index (χ1n) is 7.20. The fourth-order valence-corrected chi connectivity index (χ4v) is 4.20. The zero-order valence-electron chi connectivity index (χ0n) is 11.3. The molecule has 2 aliphatic rings. The molecule has 1 amide bonds. The van der Waals surface area contributed by atoms with Crippen molar-refractivity contribution in [1.82, 2.24) is 5.43 Å². The number of carbonyl (C=O) groups excluding carboxylic acids is 1. The fraction of sp³-hybridized carbons (Fsp3) is 0.600. The second kappa shape index (κ2) is 5.45. The molecule has 102 valence electrons. The highest BCUT2D eigenvalue weighted by molar-refractivity contribution is 7.10. The minimum atomic E-state index is -0.0612.